The zero-order valence-electron chi connectivity index (χ0n) is 12.5. The Bertz CT molecular complexity index is 697. The number of halogens is 2. The molecule has 0 saturated heterocycles. The highest BCUT2D eigenvalue weighted by atomic mass is 35.5. The lowest BCUT2D eigenvalue weighted by Gasteiger charge is -2.13. The van der Waals surface area contributed by atoms with E-state index in [0.717, 1.165) is 5.82 Å². The van der Waals surface area contributed by atoms with E-state index in [4.69, 9.17) is 23.2 Å². The van der Waals surface area contributed by atoms with Crippen LogP contribution in [0.4, 0.5) is 11.5 Å². The van der Waals surface area contributed by atoms with Gasteiger partial charge in [-0.3, -0.25) is 4.79 Å². The van der Waals surface area contributed by atoms with Crippen LogP contribution in [0.5, 0.6) is 0 Å². The summed E-state index contributed by atoms with van der Waals surface area (Å²) in [5, 5.41) is 6.87. The molecule has 1 aliphatic carbocycles. The van der Waals surface area contributed by atoms with Crippen molar-refractivity contribution >= 4 is 40.6 Å². The molecule has 1 amide bonds. The third-order valence-corrected chi connectivity index (χ3v) is 4.75. The number of carbonyl (C=O) groups is 1. The summed E-state index contributed by atoms with van der Waals surface area (Å²) in [6.07, 6.45) is 6.44. The van der Waals surface area contributed by atoms with Crippen LogP contribution in [0.2, 0.25) is 10.0 Å². The van der Waals surface area contributed by atoms with Crippen LogP contribution in [0.15, 0.2) is 36.5 Å². The van der Waals surface area contributed by atoms with Gasteiger partial charge in [0.1, 0.15) is 5.82 Å². The molecule has 1 aromatic heterocycles. The first kappa shape index (κ1) is 16.1. The number of rotatable bonds is 4. The fourth-order valence-electron chi connectivity index (χ4n) is 2.69. The van der Waals surface area contributed by atoms with Gasteiger partial charge in [-0.25, -0.2) is 4.98 Å². The minimum atomic E-state index is -0.269. The Labute approximate surface area is 145 Å². The van der Waals surface area contributed by atoms with Crippen LogP contribution in [0.25, 0.3) is 0 Å². The average molecular weight is 350 g/mol. The van der Waals surface area contributed by atoms with E-state index in [-0.39, 0.29) is 5.91 Å². The predicted octanol–water partition coefficient (Wildman–Crippen LogP) is 5.00. The second-order valence-electron chi connectivity index (χ2n) is 5.61. The Kier molecular flexibility index (Phi) is 5.03. The molecule has 0 radical (unpaired) electrons. The van der Waals surface area contributed by atoms with Crippen molar-refractivity contribution in [2.24, 2.45) is 0 Å². The number of hydrogen-bond acceptors (Lipinski definition) is 3. The summed E-state index contributed by atoms with van der Waals surface area (Å²) in [6.45, 7) is 0. The van der Waals surface area contributed by atoms with Gasteiger partial charge in [-0.2, -0.15) is 0 Å². The fraction of sp³-hybridized carbons (Fsp3) is 0.294. The summed E-state index contributed by atoms with van der Waals surface area (Å²) in [4.78, 5) is 16.6. The van der Waals surface area contributed by atoms with Gasteiger partial charge in [0.2, 0.25) is 0 Å². The number of amides is 1. The lowest BCUT2D eigenvalue weighted by molar-refractivity contribution is 0.102. The minimum absolute atomic E-state index is 0.269. The molecular weight excluding hydrogens is 333 g/mol. The van der Waals surface area contributed by atoms with Gasteiger partial charge < -0.3 is 10.6 Å². The van der Waals surface area contributed by atoms with E-state index >= 15 is 0 Å². The van der Waals surface area contributed by atoms with E-state index in [0.29, 0.717) is 27.3 Å². The molecule has 1 aromatic carbocycles. The molecule has 0 atom stereocenters. The molecule has 0 spiro atoms. The largest absolute Gasteiger partial charge is 0.367 e. The van der Waals surface area contributed by atoms with E-state index in [2.05, 4.69) is 15.6 Å². The lowest BCUT2D eigenvalue weighted by atomic mass is 10.2. The molecule has 120 valence electrons. The summed E-state index contributed by atoms with van der Waals surface area (Å²) < 4.78 is 0. The molecule has 1 saturated carbocycles. The molecule has 1 fully saturated rings. The van der Waals surface area contributed by atoms with E-state index in [1.54, 1.807) is 30.5 Å². The molecular formula is C17H17Cl2N3O. The SMILES string of the molecule is O=C(Nc1cccc(Cl)c1Cl)c1ccc(NC2CCCC2)nc1. The maximum absolute atomic E-state index is 12.3. The molecule has 4 nitrogen and oxygen atoms in total. The zero-order chi connectivity index (χ0) is 16.2. The average Bonchev–Trinajstić information content (AvgIpc) is 3.05. The molecule has 1 aliphatic rings. The number of aromatic nitrogens is 1. The van der Waals surface area contributed by atoms with Crippen molar-refractivity contribution in [3.63, 3.8) is 0 Å². The third kappa shape index (κ3) is 3.95. The standard InChI is InChI=1S/C17H17Cl2N3O/c18-13-6-3-7-14(16(13)19)22-17(23)11-8-9-15(20-10-11)21-12-4-1-2-5-12/h3,6-10,12H,1-2,4-5H2,(H,20,21)(H,22,23). The number of pyridine rings is 1. The molecule has 2 aromatic rings. The maximum Gasteiger partial charge on any atom is 0.257 e. The topological polar surface area (TPSA) is 54.0 Å². The first-order valence-electron chi connectivity index (χ1n) is 7.61. The predicted molar refractivity (Wildman–Crippen MR) is 94.5 cm³/mol. The Balaban J connectivity index is 1.66. The Morgan fingerprint density at radius 1 is 1.13 bits per heavy atom. The van der Waals surface area contributed by atoms with Crippen molar-refractivity contribution in [2.75, 3.05) is 10.6 Å². The van der Waals surface area contributed by atoms with Gasteiger partial charge in [0, 0.05) is 12.2 Å². The summed E-state index contributed by atoms with van der Waals surface area (Å²) in [5.41, 5.74) is 0.954. The Morgan fingerprint density at radius 3 is 2.61 bits per heavy atom. The van der Waals surface area contributed by atoms with Gasteiger partial charge in [-0.1, -0.05) is 42.1 Å². The summed E-state index contributed by atoms with van der Waals surface area (Å²) in [5.74, 6) is 0.531. The van der Waals surface area contributed by atoms with Crippen molar-refractivity contribution in [1.82, 2.24) is 4.98 Å². The normalized spacial score (nSPS) is 14.7. The number of nitrogens with zero attached hydrogens (tertiary/aromatic N) is 1. The highest BCUT2D eigenvalue weighted by Gasteiger charge is 2.15. The maximum atomic E-state index is 12.3. The minimum Gasteiger partial charge on any atom is -0.367 e. The Morgan fingerprint density at radius 2 is 1.91 bits per heavy atom. The van der Waals surface area contributed by atoms with Gasteiger partial charge in [-0.15, -0.1) is 0 Å². The van der Waals surface area contributed by atoms with E-state index in [9.17, 15) is 4.79 Å². The molecule has 0 bridgehead atoms. The van der Waals surface area contributed by atoms with Crippen molar-refractivity contribution in [2.45, 2.75) is 31.7 Å². The second kappa shape index (κ2) is 7.20. The first-order valence-corrected chi connectivity index (χ1v) is 8.37. The first-order chi connectivity index (χ1) is 11.1. The highest BCUT2D eigenvalue weighted by molar-refractivity contribution is 6.44. The summed E-state index contributed by atoms with van der Waals surface area (Å²) in [7, 11) is 0. The number of hydrogen-bond donors (Lipinski definition) is 2. The Hall–Kier alpha value is -1.78. The van der Waals surface area contributed by atoms with Gasteiger partial charge in [0.15, 0.2) is 0 Å². The fourth-order valence-corrected chi connectivity index (χ4v) is 3.04. The van der Waals surface area contributed by atoms with Crippen LogP contribution in [-0.2, 0) is 0 Å². The summed E-state index contributed by atoms with van der Waals surface area (Å²) >= 11 is 12.0. The molecule has 3 rings (SSSR count). The smallest absolute Gasteiger partial charge is 0.257 e. The number of benzene rings is 1. The lowest BCUT2D eigenvalue weighted by Crippen LogP contribution is -2.16. The van der Waals surface area contributed by atoms with Gasteiger partial charge in [0.05, 0.1) is 21.3 Å². The monoisotopic (exact) mass is 349 g/mol. The highest BCUT2D eigenvalue weighted by Crippen LogP contribution is 2.29. The van der Waals surface area contributed by atoms with Crippen LogP contribution in [0, 0.1) is 0 Å². The number of nitrogens with one attached hydrogen (secondary N) is 2. The van der Waals surface area contributed by atoms with Gasteiger partial charge in [-0.05, 0) is 37.1 Å². The third-order valence-electron chi connectivity index (χ3n) is 3.93. The molecule has 23 heavy (non-hydrogen) atoms. The number of carbonyl (C=O) groups excluding carboxylic acids is 1. The molecule has 2 N–H and O–H groups in total. The quantitative estimate of drug-likeness (QED) is 0.816. The van der Waals surface area contributed by atoms with Crippen LogP contribution in [0.3, 0.4) is 0 Å². The van der Waals surface area contributed by atoms with Crippen molar-refractivity contribution in [3.8, 4) is 0 Å². The molecule has 1 heterocycles. The summed E-state index contributed by atoms with van der Waals surface area (Å²) in [6, 6.07) is 9.18. The van der Waals surface area contributed by atoms with E-state index in [1.807, 2.05) is 6.07 Å². The molecule has 0 aliphatic heterocycles. The zero-order valence-corrected chi connectivity index (χ0v) is 14.0. The van der Waals surface area contributed by atoms with Crippen LogP contribution in [0.1, 0.15) is 36.0 Å². The molecule has 6 heteroatoms. The van der Waals surface area contributed by atoms with Gasteiger partial charge >= 0.3 is 0 Å². The van der Waals surface area contributed by atoms with Crippen LogP contribution >= 0.6 is 23.2 Å². The van der Waals surface area contributed by atoms with Crippen molar-refractivity contribution in [3.05, 3.63) is 52.1 Å². The number of anilines is 2. The second-order valence-corrected chi connectivity index (χ2v) is 6.40. The molecule has 0 unspecified atom stereocenters. The van der Waals surface area contributed by atoms with Crippen LogP contribution in [-0.4, -0.2) is 16.9 Å². The van der Waals surface area contributed by atoms with Crippen molar-refractivity contribution < 1.29 is 4.79 Å². The van der Waals surface area contributed by atoms with Crippen LogP contribution < -0.4 is 10.6 Å². The van der Waals surface area contributed by atoms with Crippen molar-refractivity contribution in [1.29, 1.82) is 0 Å². The van der Waals surface area contributed by atoms with E-state index < -0.39 is 0 Å². The van der Waals surface area contributed by atoms with E-state index in [1.165, 1.54) is 25.7 Å². The van der Waals surface area contributed by atoms with Gasteiger partial charge in [0.25, 0.3) is 5.91 Å².